The molecule has 0 aliphatic carbocycles. The van der Waals surface area contributed by atoms with Crippen LogP contribution < -0.4 is 19.5 Å². The molecule has 0 aromatic heterocycles. The van der Waals surface area contributed by atoms with Gasteiger partial charge in [-0.1, -0.05) is 25.8 Å². The van der Waals surface area contributed by atoms with Crippen molar-refractivity contribution in [1.29, 1.82) is 0 Å². The lowest BCUT2D eigenvalue weighted by molar-refractivity contribution is -0.124. The lowest BCUT2D eigenvalue weighted by Gasteiger charge is -2.15. The fourth-order valence-electron chi connectivity index (χ4n) is 2.99. The van der Waals surface area contributed by atoms with Crippen LogP contribution in [0.4, 0.5) is 0 Å². The monoisotopic (exact) mass is 413 g/mol. The molecule has 7 heteroatoms. The Balaban J connectivity index is 1.43. The average Bonchev–Trinajstić information content (AvgIpc) is 3.23. The first kappa shape index (κ1) is 21.5. The fraction of sp³-hybridized carbons (Fsp3) is 0.391. The molecule has 1 amide bonds. The van der Waals surface area contributed by atoms with Crippen molar-refractivity contribution in [1.82, 2.24) is 5.32 Å². The topological polar surface area (TPSA) is 83.1 Å². The highest BCUT2D eigenvalue weighted by Crippen LogP contribution is 2.34. The Bertz CT molecular complexity index is 864. The Hall–Kier alpha value is -3.22. The molecule has 1 N–H and O–H groups in total. The first-order chi connectivity index (χ1) is 14.6. The van der Waals surface area contributed by atoms with Crippen LogP contribution in [0.2, 0.25) is 0 Å². The summed E-state index contributed by atoms with van der Waals surface area (Å²) in [5.41, 5.74) is 1.24. The number of amides is 1. The molecule has 0 unspecified atom stereocenters. The molecular weight excluding hydrogens is 386 g/mol. The molecule has 0 spiro atoms. The molecule has 1 atom stereocenters. The maximum absolute atomic E-state index is 12.2. The van der Waals surface area contributed by atoms with Crippen LogP contribution in [0.25, 0.3) is 0 Å². The van der Waals surface area contributed by atoms with Crippen molar-refractivity contribution in [2.24, 2.45) is 0 Å². The van der Waals surface area contributed by atoms with Crippen molar-refractivity contribution in [3.05, 3.63) is 53.6 Å². The Morgan fingerprint density at radius 3 is 2.60 bits per heavy atom. The van der Waals surface area contributed by atoms with E-state index in [0.29, 0.717) is 29.4 Å². The van der Waals surface area contributed by atoms with Crippen molar-refractivity contribution >= 4 is 11.9 Å². The zero-order chi connectivity index (χ0) is 21.3. The number of hydrogen-bond donors (Lipinski definition) is 1. The van der Waals surface area contributed by atoms with Gasteiger partial charge in [-0.25, -0.2) is 4.79 Å². The van der Waals surface area contributed by atoms with E-state index in [2.05, 4.69) is 12.2 Å². The summed E-state index contributed by atoms with van der Waals surface area (Å²) < 4.78 is 21.4. The zero-order valence-electron chi connectivity index (χ0n) is 17.3. The number of carbonyl (C=O) groups excluding carboxylic acids is 2. The standard InChI is InChI=1S/C23H27NO6/c1-3-4-5-12-27-19-9-6-17(7-10-19)23(26)28-14-22(25)24-16(2)18-8-11-20-21(13-18)30-15-29-20/h6-11,13,16H,3-5,12,14-15H2,1-2H3,(H,24,25)/t16-/m1/s1. The zero-order valence-corrected chi connectivity index (χ0v) is 17.3. The number of carbonyl (C=O) groups is 2. The smallest absolute Gasteiger partial charge is 0.338 e. The molecule has 0 bridgehead atoms. The summed E-state index contributed by atoms with van der Waals surface area (Å²) >= 11 is 0. The maximum atomic E-state index is 12.2. The van der Waals surface area contributed by atoms with Crippen molar-refractivity contribution in [3.63, 3.8) is 0 Å². The molecule has 1 aliphatic rings. The number of fused-ring (bicyclic) bond motifs is 1. The lowest BCUT2D eigenvalue weighted by Crippen LogP contribution is -2.31. The molecule has 2 aromatic rings. The molecule has 160 valence electrons. The first-order valence-electron chi connectivity index (χ1n) is 10.2. The van der Waals surface area contributed by atoms with Gasteiger partial charge in [0.1, 0.15) is 5.75 Å². The SMILES string of the molecule is CCCCCOc1ccc(C(=O)OCC(=O)N[C@H](C)c2ccc3c(c2)OCO3)cc1. The molecule has 3 rings (SSSR count). The highest BCUT2D eigenvalue weighted by molar-refractivity contribution is 5.91. The third-order valence-corrected chi connectivity index (χ3v) is 4.72. The Kier molecular flexibility index (Phi) is 7.54. The number of benzene rings is 2. The van der Waals surface area contributed by atoms with Gasteiger partial charge in [-0.15, -0.1) is 0 Å². The molecule has 0 saturated carbocycles. The van der Waals surface area contributed by atoms with E-state index in [1.165, 1.54) is 0 Å². The number of esters is 1. The van der Waals surface area contributed by atoms with Gasteiger partial charge in [-0.2, -0.15) is 0 Å². The molecule has 30 heavy (non-hydrogen) atoms. The van der Waals surface area contributed by atoms with E-state index in [-0.39, 0.29) is 25.3 Å². The van der Waals surface area contributed by atoms with Gasteiger partial charge < -0.3 is 24.3 Å². The highest BCUT2D eigenvalue weighted by Gasteiger charge is 2.17. The molecule has 7 nitrogen and oxygen atoms in total. The minimum atomic E-state index is -0.557. The largest absolute Gasteiger partial charge is 0.494 e. The highest BCUT2D eigenvalue weighted by atomic mass is 16.7. The van der Waals surface area contributed by atoms with Crippen LogP contribution in [0, 0.1) is 0 Å². The Morgan fingerprint density at radius 2 is 1.83 bits per heavy atom. The summed E-state index contributed by atoms with van der Waals surface area (Å²) in [6.45, 7) is 4.47. The number of unbranched alkanes of at least 4 members (excludes halogenated alkanes) is 2. The van der Waals surface area contributed by atoms with Gasteiger partial charge in [0, 0.05) is 0 Å². The van der Waals surface area contributed by atoms with Gasteiger partial charge in [0.25, 0.3) is 5.91 Å². The number of rotatable bonds is 10. The quantitative estimate of drug-likeness (QED) is 0.468. The van der Waals surface area contributed by atoms with E-state index in [1.54, 1.807) is 30.3 Å². The van der Waals surface area contributed by atoms with E-state index >= 15 is 0 Å². The van der Waals surface area contributed by atoms with E-state index in [1.807, 2.05) is 19.1 Å². The maximum Gasteiger partial charge on any atom is 0.338 e. The predicted octanol–water partition coefficient (Wildman–Crippen LogP) is 4.02. The van der Waals surface area contributed by atoms with Crippen LogP contribution in [0.1, 0.15) is 55.1 Å². The van der Waals surface area contributed by atoms with Crippen LogP contribution in [0.5, 0.6) is 17.2 Å². The van der Waals surface area contributed by atoms with Gasteiger partial charge in [0.05, 0.1) is 18.2 Å². The second kappa shape index (κ2) is 10.5. The minimum absolute atomic E-state index is 0.196. The molecule has 0 saturated heterocycles. The Labute approximate surface area is 176 Å². The fourth-order valence-corrected chi connectivity index (χ4v) is 2.99. The number of nitrogens with one attached hydrogen (secondary N) is 1. The molecule has 1 aliphatic heterocycles. The summed E-state index contributed by atoms with van der Waals surface area (Å²) in [6.07, 6.45) is 3.26. The van der Waals surface area contributed by atoms with Gasteiger partial charge >= 0.3 is 5.97 Å². The molecule has 1 heterocycles. The van der Waals surface area contributed by atoms with Gasteiger partial charge in [0.15, 0.2) is 18.1 Å². The molecule has 2 aromatic carbocycles. The van der Waals surface area contributed by atoms with Crippen molar-refractivity contribution in [2.45, 2.75) is 39.2 Å². The third-order valence-electron chi connectivity index (χ3n) is 4.72. The average molecular weight is 413 g/mol. The third kappa shape index (κ3) is 5.89. The van der Waals surface area contributed by atoms with Gasteiger partial charge in [0.2, 0.25) is 6.79 Å². The first-order valence-corrected chi connectivity index (χ1v) is 10.2. The second-order valence-electron chi connectivity index (χ2n) is 7.06. The van der Waals surface area contributed by atoms with Crippen LogP contribution in [0.3, 0.4) is 0 Å². The van der Waals surface area contributed by atoms with Crippen molar-refractivity contribution < 1.29 is 28.5 Å². The van der Waals surface area contributed by atoms with Crippen LogP contribution in [-0.4, -0.2) is 31.9 Å². The Morgan fingerprint density at radius 1 is 1.07 bits per heavy atom. The van der Waals surface area contributed by atoms with E-state index in [4.69, 9.17) is 18.9 Å². The lowest BCUT2D eigenvalue weighted by atomic mass is 10.1. The van der Waals surface area contributed by atoms with Crippen molar-refractivity contribution in [3.8, 4) is 17.2 Å². The molecule has 0 fully saturated rings. The van der Waals surface area contributed by atoms with E-state index in [9.17, 15) is 9.59 Å². The summed E-state index contributed by atoms with van der Waals surface area (Å²) in [5.74, 6) is 1.10. The minimum Gasteiger partial charge on any atom is -0.494 e. The van der Waals surface area contributed by atoms with Crippen LogP contribution in [-0.2, 0) is 9.53 Å². The summed E-state index contributed by atoms with van der Waals surface area (Å²) in [6, 6.07) is 11.9. The van der Waals surface area contributed by atoms with Gasteiger partial charge in [-0.3, -0.25) is 4.79 Å². The van der Waals surface area contributed by atoms with Crippen molar-refractivity contribution in [2.75, 3.05) is 20.0 Å². The normalized spacial score (nSPS) is 12.9. The van der Waals surface area contributed by atoms with E-state index in [0.717, 1.165) is 24.8 Å². The van der Waals surface area contributed by atoms with Crippen LogP contribution in [0.15, 0.2) is 42.5 Å². The number of hydrogen-bond acceptors (Lipinski definition) is 6. The number of ether oxygens (including phenoxy) is 4. The summed E-state index contributed by atoms with van der Waals surface area (Å²) in [5, 5.41) is 2.80. The summed E-state index contributed by atoms with van der Waals surface area (Å²) in [7, 11) is 0. The van der Waals surface area contributed by atoms with E-state index < -0.39 is 5.97 Å². The molecule has 0 radical (unpaired) electrons. The molecular formula is C23H27NO6. The van der Waals surface area contributed by atoms with Crippen LogP contribution >= 0.6 is 0 Å². The van der Waals surface area contributed by atoms with Gasteiger partial charge in [-0.05, 0) is 55.3 Å². The predicted molar refractivity (Wildman–Crippen MR) is 111 cm³/mol. The second-order valence-corrected chi connectivity index (χ2v) is 7.06. The summed E-state index contributed by atoms with van der Waals surface area (Å²) in [4.78, 5) is 24.3.